The second-order valence-corrected chi connectivity index (χ2v) is 8.50. The minimum atomic E-state index is -0.975. The summed E-state index contributed by atoms with van der Waals surface area (Å²) in [7, 11) is 0. The van der Waals surface area contributed by atoms with Crippen molar-refractivity contribution in [2.45, 2.75) is 19.5 Å². The van der Waals surface area contributed by atoms with Crippen LogP contribution in [0.4, 0.5) is 0 Å². The Morgan fingerprint density at radius 3 is 1.82 bits per heavy atom. The molecule has 1 aromatic rings. The molecule has 0 radical (unpaired) electrons. The number of aromatic nitrogens is 1. The van der Waals surface area contributed by atoms with E-state index in [0.29, 0.717) is 64.1 Å². The zero-order valence-electron chi connectivity index (χ0n) is 18.8. The average Bonchev–Trinajstić information content (AvgIpc) is 2.72. The van der Waals surface area contributed by atoms with E-state index in [1.54, 1.807) is 27.7 Å². The molecular formula is C21H32ClN5O6. The third-order valence-electron chi connectivity index (χ3n) is 5.65. The lowest BCUT2D eigenvalue weighted by Crippen LogP contribution is -2.50. The highest BCUT2D eigenvalue weighted by Crippen LogP contribution is 2.10. The first kappa shape index (κ1) is 26.9. The van der Waals surface area contributed by atoms with Crippen LogP contribution in [0.5, 0.6) is 0 Å². The van der Waals surface area contributed by atoms with Gasteiger partial charge in [0.1, 0.15) is 11.2 Å². The maximum Gasteiger partial charge on any atom is 0.320 e. The lowest BCUT2D eigenvalue weighted by molar-refractivity contribution is -0.144. The van der Waals surface area contributed by atoms with Crippen molar-refractivity contribution in [2.75, 3.05) is 65.4 Å². The van der Waals surface area contributed by atoms with Crippen LogP contribution < -0.4 is 0 Å². The molecular weight excluding hydrogens is 454 g/mol. The van der Waals surface area contributed by atoms with Crippen LogP contribution in [0.25, 0.3) is 0 Å². The largest absolute Gasteiger partial charge is 0.480 e. The fourth-order valence-electron chi connectivity index (χ4n) is 3.72. The average molecular weight is 486 g/mol. The van der Waals surface area contributed by atoms with E-state index in [1.807, 2.05) is 12.1 Å². The summed E-state index contributed by atoms with van der Waals surface area (Å²) in [6.07, 6.45) is 0. The van der Waals surface area contributed by atoms with Gasteiger partial charge in [-0.1, -0.05) is 17.7 Å². The fourth-order valence-corrected chi connectivity index (χ4v) is 3.90. The Labute approximate surface area is 198 Å². The lowest BCUT2D eigenvalue weighted by atomic mass is 10.2. The number of hydrogen-bond donors (Lipinski definition) is 3. The van der Waals surface area contributed by atoms with Gasteiger partial charge in [0.05, 0.1) is 18.8 Å². The molecule has 1 unspecified atom stereocenters. The monoisotopic (exact) mass is 485 g/mol. The minimum Gasteiger partial charge on any atom is -0.480 e. The Kier molecular flexibility index (Phi) is 10.9. The Balaban J connectivity index is 2.20. The number of pyridine rings is 1. The molecule has 1 atom stereocenters. The number of carboxylic acid groups (broad SMARTS) is 3. The summed E-state index contributed by atoms with van der Waals surface area (Å²) in [6, 6.07) is 4.59. The van der Waals surface area contributed by atoms with E-state index in [9.17, 15) is 29.7 Å². The molecule has 0 saturated carbocycles. The predicted octanol–water partition coefficient (Wildman–Crippen LogP) is 0.0989. The van der Waals surface area contributed by atoms with Gasteiger partial charge in [0.25, 0.3) is 0 Å². The van der Waals surface area contributed by atoms with Crippen molar-refractivity contribution < 1.29 is 29.7 Å². The molecule has 0 aromatic carbocycles. The topological polar surface area (TPSA) is 138 Å². The molecule has 1 aromatic heterocycles. The quantitative estimate of drug-likeness (QED) is 0.432. The van der Waals surface area contributed by atoms with Crippen LogP contribution in [0.1, 0.15) is 12.6 Å². The number of aliphatic carboxylic acids is 3. The third kappa shape index (κ3) is 10.0. The van der Waals surface area contributed by atoms with Gasteiger partial charge in [-0.15, -0.1) is 0 Å². The highest BCUT2D eigenvalue weighted by molar-refractivity contribution is 6.29. The van der Waals surface area contributed by atoms with Crippen LogP contribution in [-0.4, -0.2) is 129 Å². The van der Waals surface area contributed by atoms with Gasteiger partial charge in [-0.25, -0.2) is 4.98 Å². The van der Waals surface area contributed by atoms with Crippen LogP contribution >= 0.6 is 11.6 Å². The molecule has 1 fully saturated rings. The minimum absolute atomic E-state index is 0.149. The third-order valence-corrected chi connectivity index (χ3v) is 5.86. The number of hydrogen-bond acceptors (Lipinski definition) is 8. The van der Waals surface area contributed by atoms with E-state index < -0.39 is 23.9 Å². The number of rotatable bonds is 8. The van der Waals surface area contributed by atoms with Crippen LogP contribution in [0.2, 0.25) is 5.15 Å². The Hall–Kier alpha value is -2.31. The standard InChI is InChI=1S/C21H32ClN5O6/c1-16(21(32)33)27-11-9-25(14-19(28)29)7-5-24(13-17-3-2-4-18(22)23-17)6-8-26(10-12-27)15-20(30)31/h2-4,16H,5-15H2,1H3,(H,28,29)(H,30,31)(H,32,33). The second-order valence-electron chi connectivity index (χ2n) is 8.12. The highest BCUT2D eigenvalue weighted by atomic mass is 35.5. The fraction of sp³-hybridized carbons (Fsp3) is 0.619. The van der Waals surface area contributed by atoms with E-state index in [1.165, 1.54) is 0 Å². The summed E-state index contributed by atoms with van der Waals surface area (Å²) in [5.41, 5.74) is 0.769. The molecule has 0 bridgehead atoms. The first-order chi connectivity index (χ1) is 15.6. The summed E-state index contributed by atoms with van der Waals surface area (Å²) in [6.45, 7) is 5.25. The van der Waals surface area contributed by atoms with Crippen molar-refractivity contribution in [3.63, 3.8) is 0 Å². The Morgan fingerprint density at radius 1 is 0.879 bits per heavy atom. The summed E-state index contributed by atoms with van der Waals surface area (Å²) >= 11 is 6.01. The van der Waals surface area contributed by atoms with Crippen molar-refractivity contribution in [2.24, 2.45) is 0 Å². The molecule has 0 spiro atoms. The molecule has 3 N–H and O–H groups in total. The molecule has 0 amide bonds. The molecule has 1 saturated heterocycles. The van der Waals surface area contributed by atoms with Gasteiger partial charge in [-0.05, 0) is 19.1 Å². The molecule has 184 valence electrons. The van der Waals surface area contributed by atoms with Gasteiger partial charge in [0.15, 0.2) is 0 Å². The number of halogens is 1. The van der Waals surface area contributed by atoms with Gasteiger partial charge < -0.3 is 15.3 Å². The van der Waals surface area contributed by atoms with E-state index in [0.717, 1.165) is 5.69 Å². The first-order valence-electron chi connectivity index (χ1n) is 10.8. The molecule has 33 heavy (non-hydrogen) atoms. The van der Waals surface area contributed by atoms with E-state index in [-0.39, 0.29) is 13.1 Å². The lowest BCUT2D eigenvalue weighted by Gasteiger charge is -2.34. The number of carboxylic acids is 3. The van der Waals surface area contributed by atoms with Crippen LogP contribution in [0.3, 0.4) is 0 Å². The highest BCUT2D eigenvalue weighted by Gasteiger charge is 2.24. The van der Waals surface area contributed by atoms with Gasteiger partial charge >= 0.3 is 17.9 Å². The van der Waals surface area contributed by atoms with Crippen molar-refractivity contribution >= 4 is 29.5 Å². The smallest absolute Gasteiger partial charge is 0.320 e. The van der Waals surface area contributed by atoms with Crippen LogP contribution in [0, 0.1) is 0 Å². The zero-order valence-corrected chi connectivity index (χ0v) is 19.5. The van der Waals surface area contributed by atoms with Crippen LogP contribution in [0.15, 0.2) is 18.2 Å². The molecule has 12 heteroatoms. The molecule has 11 nitrogen and oxygen atoms in total. The first-order valence-corrected chi connectivity index (χ1v) is 11.2. The van der Waals surface area contributed by atoms with Gasteiger partial charge in [-0.3, -0.25) is 34.0 Å². The van der Waals surface area contributed by atoms with Crippen molar-refractivity contribution in [1.29, 1.82) is 0 Å². The molecule has 2 heterocycles. The summed E-state index contributed by atoms with van der Waals surface area (Å²) in [5, 5.41) is 28.5. The van der Waals surface area contributed by atoms with E-state index >= 15 is 0 Å². The molecule has 1 aliphatic heterocycles. The number of carbonyl (C=O) groups is 3. The molecule has 2 rings (SSSR count). The SMILES string of the molecule is CC(C(=O)O)N1CCN(CC(=O)O)CCN(Cc2cccc(Cl)n2)CCN(CC(=O)O)CC1. The van der Waals surface area contributed by atoms with Crippen molar-refractivity contribution in [3.8, 4) is 0 Å². The maximum atomic E-state index is 11.6. The molecule has 0 aliphatic carbocycles. The van der Waals surface area contributed by atoms with E-state index in [4.69, 9.17) is 11.6 Å². The van der Waals surface area contributed by atoms with Gasteiger partial charge in [-0.2, -0.15) is 0 Å². The normalized spacial score (nSPS) is 19.3. The summed E-state index contributed by atoms with van der Waals surface area (Å²) in [5.74, 6) is -2.87. The summed E-state index contributed by atoms with van der Waals surface area (Å²) < 4.78 is 0. The van der Waals surface area contributed by atoms with Crippen molar-refractivity contribution in [3.05, 3.63) is 29.0 Å². The van der Waals surface area contributed by atoms with Gasteiger partial charge in [0.2, 0.25) is 0 Å². The van der Waals surface area contributed by atoms with Gasteiger partial charge in [0, 0.05) is 58.9 Å². The number of nitrogens with zero attached hydrogens (tertiary/aromatic N) is 5. The summed E-state index contributed by atoms with van der Waals surface area (Å²) in [4.78, 5) is 46.1. The van der Waals surface area contributed by atoms with E-state index in [2.05, 4.69) is 9.88 Å². The predicted molar refractivity (Wildman–Crippen MR) is 121 cm³/mol. The Bertz CT molecular complexity index is 781. The Morgan fingerprint density at radius 2 is 1.36 bits per heavy atom. The van der Waals surface area contributed by atoms with Crippen molar-refractivity contribution in [1.82, 2.24) is 24.6 Å². The maximum absolute atomic E-state index is 11.6. The second kappa shape index (κ2) is 13.4. The van der Waals surface area contributed by atoms with Crippen LogP contribution in [-0.2, 0) is 20.9 Å². The zero-order chi connectivity index (χ0) is 24.4. The molecule has 1 aliphatic rings.